The minimum absolute atomic E-state index is 0.0102. The Kier molecular flexibility index (Phi) is 3.88. The molecule has 1 aromatic carbocycles. The van der Waals surface area contributed by atoms with E-state index in [-0.39, 0.29) is 23.4 Å². The van der Waals surface area contributed by atoms with Gasteiger partial charge in [-0.3, -0.25) is 0 Å². The third kappa shape index (κ3) is 2.99. The minimum Gasteiger partial charge on any atom is -0.392 e. The van der Waals surface area contributed by atoms with Crippen LogP contribution in [0.25, 0.3) is 0 Å². The van der Waals surface area contributed by atoms with Crippen molar-refractivity contribution in [1.82, 2.24) is 4.72 Å². The second kappa shape index (κ2) is 5.05. The highest BCUT2D eigenvalue weighted by molar-refractivity contribution is 7.89. The van der Waals surface area contributed by atoms with Crippen LogP contribution in [0.5, 0.6) is 0 Å². The molecule has 0 aromatic heterocycles. The number of hydrogen-bond donors (Lipinski definition) is 2. The van der Waals surface area contributed by atoms with Crippen molar-refractivity contribution in [3.63, 3.8) is 0 Å². The van der Waals surface area contributed by atoms with Gasteiger partial charge in [0.2, 0.25) is 10.0 Å². The third-order valence-electron chi connectivity index (χ3n) is 3.76. The molecule has 1 aliphatic rings. The van der Waals surface area contributed by atoms with Crippen LogP contribution in [-0.2, 0) is 16.6 Å². The first-order valence-electron chi connectivity index (χ1n) is 6.26. The van der Waals surface area contributed by atoms with Crippen LogP contribution in [0.15, 0.2) is 17.0 Å². The van der Waals surface area contributed by atoms with Crippen molar-refractivity contribution >= 4 is 10.0 Å². The SMILES string of the molecule is CC1(C)CC1CNS(=O)(=O)c1cc(CO)cc(F)c1F. The smallest absolute Gasteiger partial charge is 0.243 e. The maximum absolute atomic E-state index is 13.6. The maximum atomic E-state index is 13.6. The zero-order valence-electron chi connectivity index (χ0n) is 11.3. The highest BCUT2D eigenvalue weighted by Gasteiger charge is 2.45. The molecule has 1 aromatic rings. The van der Waals surface area contributed by atoms with Crippen molar-refractivity contribution in [2.24, 2.45) is 11.3 Å². The number of sulfonamides is 1. The van der Waals surface area contributed by atoms with E-state index in [0.717, 1.165) is 18.6 Å². The van der Waals surface area contributed by atoms with E-state index in [1.54, 1.807) is 0 Å². The van der Waals surface area contributed by atoms with Gasteiger partial charge < -0.3 is 5.11 Å². The summed E-state index contributed by atoms with van der Waals surface area (Å²) in [6.07, 6.45) is 0.892. The van der Waals surface area contributed by atoms with Crippen molar-refractivity contribution in [1.29, 1.82) is 0 Å². The quantitative estimate of drug-likeness (QED) is 0.871. The number of nitrogens with one attached hydrogen (secondary N) is 1. The third-order valence-corrected chi connectivity index (χ3v) is 5.19. The highest BCUT2D eigenvalue weighted by atomic mass is 32.2. The van der Waals surface area contributed by atoms with Crippen LogP contribution >= 0.6 is 0 Å². The standard InChI is InChI=1S/C13H17F2NO3S/c1-13(2)5-9(13)6-16-20(18,19)11-4-8(7-17)3-10(14)12(11)15/h3-4,9,16-17H,5-7H2,1-2H3. The van der Waals surface area contributed by atoms with Crippen LogP contribution in [0.2, 0.25) is 0 Å². The van der Waals surface area contributed by atoms with E-state index in [4.69, 9.17) is 5.11 Å². The molecule has 4 nitrogen and oxygen atoms in total. The number of benzene rings is 1. The van der Waals surface area contributed by atoms with Gasteiger partial charge in [0.1, 0.15) is 4.90 Å². The summed E-state index contributed by atoms with van der Waals surface area (Å²) in [5.74, 6) is -2.51. The summed E-state index contributed by atoms with van der Waals surface area (Å²) in [7, 11) is -4.13. The largest absolute Gasteiger partial charge is 0.392 e. The monoisotopic (exact) mass is 305 g/mol. The highest BCUT2D eigenvalue weighted by Crippen LogP contribution is 2.51. The average molecular weight is 305 g/mol. The molecule has 0 bridgehead atoms. The number of aliphatic hydroxyl groups excluding tert-OH is 1. The van der Waals surface area contributed by atoms with Gasteiger partial charge in [-0.05, 0) is 35.4 Å². The Labute approximate surface area is 116 Å². The van der Waals surface area contributed by atoms with E-state index < -0.39 is 33.2 Å². The first-order valence-corrected chi connectivity index (χ1v) is 7.74. The molecule has 2 N–H and O–H groups in total. The number of halogens is 2. The van der Waals surface area contributed by atoms with Gasteiger partial charge in [0.05, 0.1) is 6.61 Å². The summed E-state index contributed by atoms with van der Waals surface area (Å²) in [6.45, 7) is 3.66. The van der Waals surface area contributed by atoms with E-state index in [9.17, 15) is 17.2 Å². The summed E-state index contributed by atoms with van der Waals surface area (Å²) >= 11 is 0. The van der Waals surface area contributed by atoms with Gasteiger partial charge in [-0.1, -0.05) is 13.8 Å². The molecular weight excluding hydrogens is 288 g/mol. The molecule has 2 rings (SSSR count). The van der Waals surface area contributed by atoms with Crippen molar-refractivity contribution < 1.29 is 22.3 Å². The molecule has 1 fully saturated rings. The Bertz CT molecular complexity index is 629. The number of aliphatic hydroxyl groups is 1. The summed E-state index contributed by atoms with van der Waals surface area (Å²) < 4.78 is 53.3. The lowest BCUT2D eigenvalue weighted by atomic mass is 10.1. The van der Waals surface area contributed by atoms with Gasteiger partial charge in [0, 0.05) is 6.54 Å². The fourth-order valence-corrected chi connectivity index (χ4v) is 3.33. The molecule has 1 saturated carbocycles. The van der Waals surface area contributed by atoms with Crippen LogP contribution in [0.3, 0.4) is 0 Å². The number of rotatable bonds is 5. The molecule has 7 heteroatoms. The van der Waals surface area contributed by atoms with E-state index in [2.05, 4.69) is 4.72 Å². The summed E-state index contributed by atoms with van der Waals surface area (Å²) in [4.78, 5) is -0.764. The lowest BCUT2D eigenvalue weighted by Crippen LogP contribution is -2.28. The predicted molar refractivity (Wildman–Crippen MR) is 69.4 cm³/mol. The van der Waals surface area contributed by atoms with Crippen LogP contribution < -0.4 is 4.72 Å². The van der Waals surface area contributed by atoms with E-state index >= 15 is 0 Å². The van der Waals surface area contributed by atoms with Gasteiger partial charge >= 0.3 is 0 Å². The fourth-order valence-electron chi connectivity index (χ4n) is 2.12. The second-order valence-corrected chi connectivity index (χ2v) is 7.52. The van der Waals surface area contributed by atoms with Gasteiger partial charge in [-0.2, -0.15) is 0 Å². The molecule has 0 amide bonds. The Morgan fingerprint density at radius 1 is 1.40 bits per heavy atom. The van der Waals surface area contributed by atoms with Crippen LogP contribution in [0.1, 0.15) is 25.8 Å². The van der Waals surface area contributed by atoms with E-state index in [1.165, 1.54) is 0 Å². The Morgan fingerprint density at radius 2 is 2.00 bits per heavy atom. The van der Waals surface area contributed by atoms with Crippen molar-refractivity contribution in [2.45, 2.75) is 31.8 Å². The normalized spacial score (nSPS) is 20.9. The lowest BCUT2D eigenvalue weighted by molar-refractivity contribution is 0.280. The van der Waals surface area contributed by atoms with Crippen LogP contribution in [0, 0.1) is 23.0 Å². The topological polar surface area (TPSA) is 66.4 Å². The zero-order valence-corrected chi connectivity index (χ0v) is 12.1. The molecule has 0 radical (unpaired) electrons. The Morgan fingerprint density at radius 3 is 2.50 bits per heavy atom. The fraction of sp³-hybridized carbons (Fsp3) is 0.538. The van der Waals surface area contributed by atoms with Gasteiger partial charge in [-0.15, -0.1) is 0 Å². The Balaban J connectivity index is 2.23. The molecule has 0 aliphatic heterocycles. The molecule has 112 valence electrons. The number of hydrogen-bond acceptors (Lipinski definition) is 3. The summed E-state index contributed by atoms with van der Waals surface area (Å²) in [5, 5.41) is 8.94. The van der Waals surface area contributed by atoms with Gasteiger partial charge in [0.15, 0.2) is 11.6 Å². The maximum Gasteiger partial charge on any atom is 0.243 e. The molecular formula is C13H17F2NO3S. The van der Waals surface area contributed by atoms with Gasteiger partial charge in [0.25, 0.3) is 0 Å². The minimum atomic E-state index is -4.13. The molecule has 20 heavy (non-hydrogen) atoms. The average Bonchev–Trinajstić information content (AvgIpc) is 2.98. The lowest BCUT2D eigenvalue weighted by Gasteiger charge is -2.10. The molecule has 0 heterocycles. The molecule has 0 spiro atoms. The van der Waals surface area contributed by atoms with Gasteiger partial charge in [-0.25, -0.2) is 21.9 Å². The van der Waals surface area contributed by atoms with Crippen LogP contribution in [-0.4, -0.2) is 20.1 Å². The summed E-state index contributed by atoms with van der Waals surface area (Å²) in [5.41, 5.74) is 0.0928. The van der Waals surface area contributed by atoms with E-state index in [0.29, 0.717) is 0 Å². The van der Waals surface area contributed by atoms with E-state index in [1.807, 2.05) is 13.8 Å². The zero-order chi connectivity index (χ0) is 15.1. The molecule has 0 saturated heterocycles. The molecule has 1 unspecified atom stereocenters. The Hall–Kier alpha value is -1.05. The first-order chi connectivity index (χ1) is 9.17. The van der Waals surface area contributed by atoms with Crippen molar-refractivity contribution in [2.75, 3.05) is 6.54 Å². The molecule has 1 aliphatic carbocycles. The van der Waals surface area contributed by atoms with Crippen molar-refractivity contribution in [3.8, 4) is 0 Å². The molecule has 1 atom stereocenters. The second-order valence-electron chi connectivity index (χ2n) is 5.79. The summed E-state index contributed by atoms with van der Waals surface area (Å²) in [6, 6.07) is 1.72. The van der Waals surface area contributed by atoms with Crippen LogP contribution in [0.4, 0.5) is 8.78 Å². The van der Waals surface area contributed by atoms with Crippen molar-refractivity contribution in [3.05, 3.63) is 29.3 Å². The first kappa shape index (κ1) is 15.3. The predicted octanol–water partition coefficient (Wildman–Crippen LogP) is 1.78.